The Morgan fingerprint density at radius 2 is 2.00 bits per heavy atom. The zero-order valence-corrected chi connectivity index (χ0v) is 17.8. The van der Waals surface area contributed by atoms with Gasteiger partial charge in [-0.2, -0.15) is 0 Å². The van der Waals surface area contributed by atoms with E-state index < -0.39 is 5.97 Å². The molecule has 1 aromatic rings. The van der Waals surface area contributed by atoms with Crippen LogP contribution in [0, 0.1) is 11.8 Å². The highest BCUT2D eigenvalue weighted by Crippen LogP contribution is 2.50. The summed E-state index contributed by atoms with van der Waals surface area (Å²) in [5.41, 5.74) is 10.6. The van der Waals surface area contributed by atoms with E-state index in [0.29, 0.717) is 23.4 Å². The lowest BCUT2D eigenvalue weighted by Gasteiger charge is -2.26. The molecule has 0 amide bonds. The summed E-state index contributed by atoms with van der Waals surface area (Å²) >= 11 is 5.40. The molecule has 29 heavy (non-hydrogen) atoms. The molecule has 0 radical (unpaired) electrons. The minimum Gasteiger partial charge on any atom is -0.481 e. The second kappa shape index (κ2) is 10.6. The van der Waals surface area contributed by atoms with Crippen molar-refractivity contribution in [2.75, 3.05) is 5.32 Å². The van der Waals surface area contributed by atoms with E-state index in [-0.39, 0.29) is 12.5 Å². The van der Waals surface area contributed by atoms with Crippen molar-refractivity contribution in [2.45, 2.75) is 57.9 Å². The van der Waals surface area contributed by atoms with Crippen LogP contribution in [0.1, 0.15) is 51.9 Å². The molecular formula is C23H31N3O2S. The summed E-state index contributed by atoms with van der Waals surface area (Å²) in [6.07, 6.45) is 11.0. The molecule has 0 aliphatic heterocycles. The fourth-order valence-electron chi connectivity index (χ4n) is 4.63. The molecule has 0 aromatic heterocycles. The van der Waals surface area contributed by atoms with E-state index in [9.17, 15) is 4.79 Å². The van der Waals surface area contributed by atoms with Gasteiger partial charge < -0.3 is 10.4 Å². The average molecular weight is 414 g/mol. The lowest BCUT2D eigenvalue weighted by molar-refractivity contribution is -0.137. The third kappa shape index (κ3) is 6.15. The molecule has 3 rings (SSSR count). The number of unbranched alkanes of at least 4 members (excludes halogenated alkanes) is 1. The largest absolute Gasteiger partial charge is 0.481 e. The summed E-state index contributed by atoms with van der Waals surface area (Å²) in [5, 5.41) is 12.5. The Hall–Kier alpha value is -2.18. The van der Waals surface area contributed by atoms with Crippen molar-refractivity contribution in [3.8, 4) is 0 Å². The van der Waals surface area contributed by atoms with E-state index >= 15 is 0 Å². The maximum absolute atomic E-state index is 10.6. The summed E-state index contributed by atoms with van der Waals surface area (Å²) in [5.74, 6) is 0.663. The molecule has 2 bridgehead atoms. The Kier molecular flexibility index (Phi) is 7.83. The molecule has 5 nitrogen and oxygen atoms in total. The van der Waals surface area contributed by atoms with Gasteiger partial charge in [-0.05, 0) is 87.2 Å². The number of hydrazine groups is 1. The number of allylic oxidation sites excluding steroid dienone is 3. The minimum atomic E-state index is -0.719. The summed E-state index contributed by atoms with van der Waals surface area (Å²) in [7, 11) is 0. The van der Waals surface area contributed by atoms with Crippen molar-refractivity contribution >= 4 is 29.0 Å². The SMILES string of the molecule is CC(NNC(=S)Nc1ccccc1)C1=C(C/C=C\CCCC(=O)O)C2CCC1C2. The summed E-state index contributed by atoms with van der Waals surface area (Å²) < 4.78 is 0. The molecule has 6 heteroatoms. The number of carbonyl (C=O) groups is 1. The van der Waals surface area contributed by atoms with Crippen molar-refractivity contribution < 1.29 is 9.90 Å². The topological polar surface area (TPSA) is 73.4 Å². The number of nitrogens with one attached hydrogen (secondary N) is 3. The number of fused-ring (bicyclic) bond motifs is 2. The molecule has 0 spiro atoms. The first-order valence-electron chi connectivity index (χ1n) is 10.5. The molecule has 1 aromatic carbocycles. The number of aliphatic carboxylic acids is 1. The summed E-state index contributed by atoms with van der Waals surface area (Å²) in [6.45, 7) is 2.20. The summed E-state index contributed by atoms with van der Waals surface area (Å²) in [4.78, 5) is 10.6. The molecule has 1 saturated carbocycles. The normalized spacial score (nSPS) is 21.6. The van der Waals surface area contributed by atoms with Gasteiger partial charge in [0, 0.05) is 18.2 Å². The number of carboxylic acids is 1. The fourth-order valence-corrected chi connectivity index (χ4v) is 4.81. The van der Waals surface area contributed by atoms with E-state index in [2.05, 4.69) is 35.2 Å². The molecule has 1 fully saturated rings. The van der Waals surface area contributed by atoms with Crippen LogP contribution >= 0.6 is 12.2 Å². The van der Waals surface area contributed by atoms with Crippen LogP contribution in [0.4, 0.5) is 5.69 Å². The monoisotopic (exact) mass is 413 g/mol. The van der Waals surface area contributed by atoms with Gasteiger partial charge in [-0.25, -0.2) is 5.43 Å². The highest BCUT2D eigenvalue weighted by Gasteiger charge is 2.40. The zero-order chi connectivity index (χ0) is 20.6. The first-order chi connectivity index (χ1) is 14.0. The van der Waals surface area contributed by atoms with Crippen molar-refractivity contribution in [2.24, 2.45) is 11.8 Å². The Morgan fingerprint density at radius 1 is 1.24 bits per heavy atom. The molecule has 3 unspecified atom stereocenters. The van der Waals surface area contributed by atoms with Gasteiger partial charge in [0.1, 0.15) is 0 Å². The number of rotatable bonds is 10. The number of carboxylic acid groups (broad SMARTS) is 1. The van der Waals surface area contributed by atoms with E-state index in [0.717, 1.165) is 18.5 Å². The number of hydrogen-bond donors (Lipinski definition) is 4. The predicted molar refractivity (Wildman–Crippen MR) is 121 cm³/mol. The van der Waals surface area contributed by atoms with Crippen LogP contribution in [0.2, 0.25) is 0 Å². The maximum atomic E-state index is 10.6. The highest BCUT2D eigenvalue weighted by atomic mass is 32.1. The molecule has 3 atom stereocenters. The van der Waals surface area contributed by atoms with Crippen molar-refractivity contribution in [3.63, 3.8) is 0 Å². The summed E-state index contributed by atoms with van der Waals surface area (Å²) in [6, 6.07) is 10.1. The van der Waals surface area contributed by atoms with Crippen molar-refractivity contribution in [1.29, 1.82) is 0 Å². The maximum Gasteiger partial charge on any atom is 0.303 e. The number of thiocarbonyl (C=S) groups is 1. The number of benzene rings is 1. The molecule has 4 N–H and O–H groups in total. The van der Waals surface area contributed by atoms with Crippen molar-refractivity contribution in [3.05, 3.63) is 53.6 Å². The number of anilines is 1. The Balaban J connectivity index is 1.52. The number of hydrogen-bond acceptors (Lipinski definition) is 3. The van der Waals surface area contributed by atoms with Crippen LogP contribution in [-0.2, 0) is 4.79 Å². The second-order valence-electron chi connectivity index (χ2n) is 7.96. The molecule has 0 saturated heterocycles. The van der Waals surface area contributed by atoms with Crippen LogP contribution in [0.15, 0.2) is 53.6 Å². The highest BCUT2D eigenvalue weighted by molar-refractivity contribution is 7.80. The van der Waals surface area contributed by atoms with E-state index in [1.165, 1.54) is 24.8 Å². The quantitative estimate of drug-likeness (QED) is 0.191. The van der Waals surface area contributed by atoms with E-state index in [1.807, 2.05) is 30.3 Å². The molecule has 0 heterocycles. The lowest BCUT2D eigenvalue weighted by atomic mass is 9.86. The van der Waals surface area contributed by atoms with Gasteiger partial charge in [0.15, 0.2) is 5.11 Å². The van der Waals surface area contributed by atoms with Crippen LogP contribution in [0.25, 0.3) is 0 Å². The van der Waals surface area contributed by atoms with E-state index in [1.54, 1.807) is 5.57 Å². The lowest BCUT2D eigenvalue weighted by Crippen LogP contribution is -2.46. The predicted octanol–water partition coefficient (Wildman–Crippen LogP) is 4.79. The van der Waals surface area contributed by atoms with Crippen LogP contribution in [0.5, 0.6) is 0 Å². The Bertz CT molecular complexity index is 776. The first-order valence-corrected chi connectivity index (χ1v) is 10.9. The van der Waals surface area contributed by atoms with Crippen LogP contribution in [0.3, 0.4) is 0 Å². The smallest absolute Gasteiger partial charge is 0.303 e. The molecule has 156 valence electrons. The molecule has 2 aliphatic rings. The zero-order valence-electron chi connectivity index (χ0n) is 17.0. The van der Waals surface area contributed by atoms with Gasteiger partial charge in [-0.3, -0.25) is 10.2 Å². The van der Waals surface area contributed by atoms with Gasteiger partial charge >= 0.3 is 5.97 Å². The van der Waals surface area contributed by atoms with Gasteiger partial charge in [0.05, 0.1) is 0 Å². The van der Waals surface area contributed by atoms with Crippen LogP contribution in [-0.4, -0.2) is 22.2 Å². The average Bonchev–Trinajstić information content (AvgIpc) is 3.31. The minimum absolute atomic E-state index is 0.219. The Labute approximate surface area is 178 Å². The second-order valence-corrected chi connectivity index (χ2v) is 8.37. The Morgan fingerprint density at radius 3 is 2.76 bits per heavy atom. The third-order valence-corrected chi connectivity index (χ3v) is 6.11. The van der Waals surface area contributed by atoms with Gasteiger partial charge in [0.2, 0.25) is 0 Å². The molecular weight excluding hydrogens is 382 g/mol. The van der Waals surface area contributed by atoms with Gasteiger partial charge in [-0.15, -0.1) is 0 Å². The third-order valence-electron chi connectivity index (χ3n) is 5.90. The van der Waals surface area contributed by atoms with Gasteiger partial charge in [-0.1, -0.05) is 35.9 Å². The standard InChI is InChI=1S/C23H31N3O2S/c1-16(25-26-23(29)24-19-9-5-4-6-10-19)22-18-14-13-17(15-18)20(22)11-7-2-3-8-12-21(27)28/h2,4-7,9-10,16-18,25H,3,8,11-15H2,1H3,(H,27,28)(H2,24,26,29)/b7-2-. The van der Waals surface area contributed by atoms with E-state index in [4.69, 9.17) is 17.3 Å². The number of para-hydroxylation sites is 1. The van der Waals surface area contributed by atoms with Crippen LogP contribution < -0.4 is 16.2 Å². The fraction of sp³-hybridized carbons (Fsp3) is 0.478. The molecule has 2 aliphatic carbocycles. The van der Waals surface area contributed by atoms with Crippen molar-refractivity contribution in [1.82, 2.24) is 10.9 Å². The van der Waals surface area contributed by atoms with Gasteiger partial charge in [0.25, 0.3) is 0 Å². The first kappa shape index (κ1) is 21.5.